The van der Waals surface area contributed by atoms with Crippen molar-refractivity contribution >= 4 is 40.1 Å². The fourth-order valence-corrected chi connectivity index (χ4v) is 2.46. The number of hydrogen-bond acceptors (Lipinski definition) is 4. The van der Waals surface area contributed by atoms with Crippen LogP contribution in [0.15, 0.2) is 47.2 Å². The second-order valence-corrected chi connectivity index (χ2v) is 5.70. The Kier molecular flexibility index (Phi) is 3.62. The molecule has 2 aromatic heterocycles. The minimum absolute atomic E-state index is 0.279. The van der Waals surface area contributed by atoms with Crippen molar-refractivity contribution in [1.29, 1.82) is 0 Å². The van der Waals surface area contributed by atoms with Crippen LogP contribution in [0.5, 0.6) is 0 Å². The lowest BCUT2D eigenvalue weighted by Gasteiger charge is -2.04. The molecule has 0 aliphatic heterocycles. The second-order valence-electron chi connectivity index (χ2n) is 4.14. The van der Waals surface area contributed by atoms with Crippen molar-refractivity contribution in [2.24, 2.45) is 0 Å². The number of nitrogens with zero attached hydrogens (tertiary/aromatic N) is 2. The van der Waals surface area contributed by atoms with E-state index in [0.29, 0.717) is 10.7 Å². The highest BCUT2D eigenvalue weighted by Gasteiger charge is 2.17. The number of halogens is 2. The van der Waals surface area contributed by atoms with Gasteiger partial charge in [0.2, 0.25) is 5.88 Å². The maximum atomic E-state index is 6.16. The van der Waals surface area contributed by atoms with E-state index in [9.17, 15) is 0 Å². The van der Waals surface area contributed by atoms with Gasteiger partial charge in [0.05, 0.1) is 10.6 Å². The van der Waals surface area contributed by atoms with Gasteiger partial charge >= 0.3 is 0 Å². The number of aromatic nitrogens is 2. The van der Waals surface area contributed by atoms with E-state index in [1.807, 2.05) is 30.3 Å². The summed E-state index contributed by atoms with van der Waals surface area (Å²) in [4.78, 5) is 4.00. The quantitative estimate of drug-likeness (QED) is 0.657. The normalized spacial score (nSPS) is 10.7. The molecule has 0 unspecified atom stereocenters. The predicted molar refractivity (Wildman–Crippen MR) is 87.3 cm³/mol. The van der Waals surface area contributed by atoms with Crippen LogP contribution in [0.1, 0.15) is 0 Å². The largest absolute Gasteiger partial charge is 0.367 e. The number of hydrogen-bond donors (Lipinski definition) is 1. The zero-order chi connectivity index (χ0) is 14.1. The lowest BCUT2D eigenvalue weighted by atomic mass is 10.0. The standard InChI is InChI=1S/C14H9ClIN3O/c15-10-7-9(1-2-11(10)16)13-12(14(17)20-19-13)8-3-5-18-6-4-8/h1-7H,17H2. The number of rotatable bonds is 2. The molecule has 0 aliphatic carbocycles. The monoisotopic (exact) mass is 397 g/mol. The Hall–Kier alpha value is -1.60. The van der Waals surface area contributed by atoms with E-state index >= 15 is 0 Å². The average molecular weight is 398 g/mol. The van der Waals surface area contributed by atoms with Gasteiger partial charge in [-0.15, -0.1) is 0 Å². The lowest BCUT2D eigenvalue weighted by Crippen LogP contribution is -1.88. The Morgan fingerprint density at radius 1 is 1.10 bits per heavy atom. The lowest BCUT2D eigenvalue weighted by molar-refractivity contribution is 0.439. The first kappa shape index (κ1) is 13.4. The van der Waals surface area contributed by atoms with Crippen molar-refractivity contribution in [2.75, 3.05) is 5.73 Å². The first-order valence-electron chi connectivity index (χ1n) is 5.78. The third kappa shape index (κ3) is 2.38. The number of pyridine rings is 1. The summed E-state index contributed by atoms with van der Waals surface area (Å²) in [5.74, 6) is 0.279. The highest BCUT2D eigenvalue weighted by atomic mass is 127. The molecule has 0 spiro atoms. The fraction of sp³-hybridized carbons (Fsp3) is 0. The molecule has 6 heteroatoms. The summed E-state index contributed by atoms with van der Waals surface area (Å²) in [6, 6.07) is 9.45. The minimum Gasteiger partial charge on any atom is -0.367 e. The van der Waals surface area contributed by atoms with Crippen molar-refractivity contribution < 1.29 is 4.52 Å². The van der Waals surface area contributed by atoms with E-state index < -0.39 is 0 Å². The summed E-state index contributed by atoms with van der Waals surface area (Å²) in [5.41, 5.74) is 9.09. The molecule has 20 heavy (non-hydrogen) atoms. The van der Waals surface area contributed by atoms with Gasteiger partial charge < -0.3 is 10.3 Å². The molecule has 4 nitrogen and oxygen atoms in total. The molecule has 0 bridgehead atoms. The van der Waals surface area contributed by atoms with Crippen LogP contribution in [-0.2, 0) is 0 Å². The molecule has 3 aromatic rings. The Balaban J connectivity index is 2.18. The molecule has 0 radical (unpaired) electrons. The van der Waals surface area contributed by atoms with E-state index in [-0.39, 0.29) is 5.88 Å². The molecule has 0 amide bonds. The Bertz CT molecular complexity index is 758. The van der Waals surface area contributed by atoms with Crippen LogP contribution >= 0.6 is 34.2 Å². The molecular weight excluding hydrogens is 389 g/mol. The number of benzene rings is 1. The van der Waals surface area contributed by atoms with E-state index in [4.69, 9.17) is 21.9 Å². The van der Waals surface area contributed by atoms with E-state index in [0.717, 1.165) is 20.3 Å². The molecule has 2 N–H and O–H groups in total. The van der Waals surface area contributed by atoms with Crippen LogP contribution < -0.4 is 5.73 Å². The minimum atomic E-state index is 0.279. The van der Waals surface area contributed by atoms with E-state index in [2.05, 4.69) is 32.7 Å². The molecule has 0 aliphatic rings. The Labute approximate surface area is 134 Å². The molecular formula is C14H9ClIN3O. The Morgan fingerprint density at radius 3 is 2.55 bits per heavy atom. The summed E-state index contributed by atoms with van der Waals surface area (Å²) >= 11 is 8.34. The third-order valence-electron chi connectivity index (χ3n) is 2.88. The molecule has 3 rings (SSSR count). The number of nitrogens with two attached hydrogens (primary N) is 1. The van der Waals surface area contributed by atoms with Gasteiger partial charge in [-0.2, -0.15) is 0 Å². The number of anilines is 1. The maximum Gasteiger partial charge on any atom is 0.230 e. The van der Waals surface area contributed by atoms with Gasteiger partial charge in [0, 0.05) is 21.5 Å². The summed E-state index contributed by atoms with van der Waals surface area (Å²) in [6.07, 6.45) is 3.40. The highest BCUT2D eigenvalue weighted by molar-refractivity contribution is 14.1. The van der Waals surface area contributed by atoms with Gasteiger partial charge in [-0.1, -0.05) is 22.8 Å². The summed E-state index contributed by atoms with van der Waals surface area (Å²) in [6.45, 7) is 0. The van der Waals surface area contributed by atoms with Gasteiger partial charge in [-0.3, -0.25) is 4.98 Å². The fourth-order valence-electron chi connectivity index (χ4n) is 1.94. The SMILES string of the molecule is Nc1onc(-c2ccc(I)c(Cl)c2)c1-c1ccncc1. The zero-order valence-corrected chi connectivity index (χ0v) is 13.1. The van der Waals surface area contributed by atoms with Crippen molar-refractivity contribution in [3.05, 3.63) is 51.3 Å². The zero-order valence-electron chi connectivity index (χ0n) is 10.2. The van der Waals surface area contributed by atoms with Gasteiger partial charge in [0.1, 0.15) is 5.69 Å². The average Bonchev–Trinajstić information content (AvgIpc) is 2.85. The van der Waals surface area contributed by atoms with Crippen LogP contribution in [0, 0.1) is 3.57 Å². The summed E-state index contributed by atoms with van der Waals surface area (Å²) < 4.78 is 6.12. The second kappa shape index (κ2) is 5.41. The van der Waals surface area contributed by atoms with Crippen molar-refractivity contribution in [3.8, 4) is 22.4 Å². The first-order chi connectivity index (χ1) is 9.66. The van der Waals surface area contributed by atoms with Crippen LogP contribution in [-0.4, -0.2) is 10.1 Å². The van der Waals surface area contributed by atoms with Crippen molar-refractivity contribution in [1.82, 2.24) is 10.1 Å². The van der Waals surface area contributed by atoms with Crippen LogP contribution in [0.3, 0.4) is 0 Å². The van der Waals surface area contributed by atoms with Gasteiger partial charge in [0.25, 0.3) is 0 Å². The molecule has 0 saturated carbocycles. The predicted octanol–water partition coefficient (Wildman–Crippen LogP) is 4.24. The third-order valence-corrected chi connectivity index (χ3v) is 4.45. The summed E-state index contributed by atoms with van der Waals surface area (Å²) in [7, 11) is 0. The van der Waals surface area contributed by atoms with Crippen molar-refractivity contribution in [3.63, 3.8) is 0 Å². The van der Waals surface area contributed by atoms with Gasteiger partial charge in [-0.05, 0) is 52.4 Å². The smallest absolute Gasteiger partial charge is 0.230 e. The van der Waals surface area contributed by atoms with E-state index in [1.54, 1.807) is 12.4 Å². The summed E-state index contributed by atoms with van der Waals surface area (Å²) in [5, 5.41) is 4.72. The molecule has 0 atom stereocenters. The van der Waals surface area contributed by atoms with Crippen LogP contribution in [0.4, 0.5) is 5.88 Å². The molecule has 2 heterocycles. The molecule has 100 valence electrons. The van der Waals surface area contributed by atoms with E-state index in [1.165, 1.54) is 0 Å². The van der Waals surface area contributed by atoms with Crippen LogP contribution in [0.2, 0.25) is 5.02 Å². The topological polar surface area (TPSA) is 64.9 Å². The maximum absolute atomic E-state index is 6.16. The molecule has 0 saturated heterocycles. The van der Waals surface area contributed by atoms with Crippen molar-refractivity contribution in [2.45, 2.75) is 0 Å². The van der Waals surface area contributed by atoms with Gasteiger partial charge in [0.15, 0.2) is 0 Å². The highest BCUT2D eigenvalue weighted by Crippen LogP contribution is 2.37. The number of nitrogen functional groups attached to an aromatic ring is 1. The first-order valence-corrected chi connectivity index (χ1v) is 7.23. The van der Waals surface area contributed by atoms with Gasteiger partial charge in [-0.25, -0.2) is 0 Å². The van der Waals surface area contributed by atoms with Crippen LogP contribution in [0.25, 0.3) is 22.4 Å². The molecule has 0 fully saturated rings. The Morgan fingerprint density at radius 2 is 1.85 bits per heavy atom. The molecule has 1 aromatic carbocycles.